The van der Waals surface area contributed by atoms with Gasteiger partial charge in [-0.05, 0) is 48.2 Å². The average molecular weight is 528 g/mol. The molecule has 4 aromatic rings. The number of carbonyl (C=O) groups excluding carboxylic acids is 2. The smallest absolute Gasteiger partial charge is 0.251 e. The van der Waals surface area contributed by atoms with Gasteiger partial charge in [0.05, 0.1) is 11.0 Å². The summed E-state index contributed by atoms with van der Waals surface area (Å²) in [5.74, 6) is 1.05. The number of piperidine rings is 1. The first-order valence-corrected chi connectivity index (χ1v) is 13.8. The van der Waals surface area contributed by atoms with Crippen LogP contribution in [0.4, 0.5) is 0 Å². The monoisotopic (exact) mass is 527 g/mol. The Morgan fingerprint density at radius 3 is 2.77 bits per heavy atom. The number of ether oxygens (including phenoxy) is 1. The molecule has 0 unspecified atom stereocenters. The van der Waals surface area contributed by atoms with Crippen LogP contribution in [0.1, 0.15) is 47.8 Å². The van der Waals surface area contributed by atoms with Crippen molar-refractivity contribution < 1.29 is 14.3 Å². The first kappa shape index (κ1) is 26.8. The van der Waals surface area contributed by atoms with Crippen molar-refractivity contribution in [3.8, 4) is 0 Å². The minimum Gasteiger partial charge on any atom is -0.385 e. The fraction of sp³-hybridized carbons (Fsp3) is 0.387. The molecule has 2 amide bonds. The highest BCUT2D eigenvalue weighted by atomic mass is 16.5. The summed E-state index contributed by atoms with van der Waals surface area (Å²) in [6.45, 7) is 3.10. The van der Waals surface area contributed by atoms with E-state index in [1.54, 1.807) is 7.11 Å². The van der Waals surface area contributed by atoms with Crippen LogP contribution in [-0.2, 0) is 16.1 Å². The van der Waals surface area contributed by atoms with Crippen molar-refractivity contribution in [2.45, 2.75) is 44.2 Å². The highest BCUT2D eigenvalue weighted by molar-refractivity contribution is 6.07. The van der Waals surface area contributed by atoms with E-state index < -0.39 is 6.04 Å². The Balaban J connectivity index is 1.20. The lowest BCUT2D eigenvalue weighted by molar-refractivity contribution is -0.132. The molecule has 0 aliphatic carbocycles. The van der Waals surface area contributed by atoms with E-state index in [4.69, 9.17) is 15.5 Å². The lowest BCUT2D eigenvalue weighted by Gasteiger charge is -2.33. The molecule has 2 heterocycles. The number of nitrogens with zero attached hydrogens (tertiary/aromatic N) is 3. The second-order valence-corrected chi connectivity index (χ2v) is 10.3. The minimum atomic E-state index is -0.463. The maximum atomic E-state index is 13.2. The Morgan fingerprint density at radius 2 is 1.90 bits per heavy atom. The van der Waals surface area contributed by atoms with Crippen LogP contribution in [-0.4, -0.2) is 65.7 Å². The second-order valence-electron chi connectivity index (χ2n) is 10.3. The number of aromatic nitrogens is 2. The number of hydrogen-bond donors (Lipinski definition) is 2. The molecule has 1 aliphatic heterocycles. The molecule has 1 saturated heterocycles. The third kappa shape index (κ3) is 6.13. The number of amides is 2. The predicted molar refractivity (Wildman–Crippen MR) is 154 cm³/mol. The maximum Gasteiger partial charge on any atom is 0.251 e. The van der Waals surface area contributed by atoms with Gasteiger partial charge < -0.3 is 25.3 Å². The number of rotatable bonds is 10. The number of imidazole rings is 1. The van der Waals surface area contributed by atoms with Crippen molar-refractivity contribution in [2.75, 3.05) is 33.4 Å². The molecule has 8 nitrogen and oxygen atoms in total. The predicted octanol–water partition coefficient (Wildman–Crippen LogP) is 4.08. The topological polar surface area (TPSA) is 102 Å². The third-order valence-corrected chi connectivity index (χ3v) is 7.55. The van der Waals surface area contributed by atoms with Gasteiger partial charge in [0.2, 0.25) is 5.91 Å². The highest BCUT2D eigenvalue weighted by Crippen LogP contribution is 2.30. The Labute approximate surface area is 229 Å². The number of nitrogens with two attached hydrogens (primary N) is 1. The number of aryl methyl sites for hydroxylation is 1. The van der Waals surface area contributed by atoms with Gasteiger partial charge in [-0.1, -0.05) is 48.5 Å². The normalized spacial score (nSPS) is 16.5. The van der Waals surface area contributed by atoms with E-state index in [1.807, 2.05) is 65.6 Å². The van der Waals surface area contributed by atoms with Gasteiger partial charge in [-0.3, -0.25) is 9.59 Å². The molecule has 2 atom stereocenters. The number of likely N-dealkylation sites (tertiary alicyclic amines) is 1. The lowest BCUT2D eigenvalue weighted by Crippen LogP contribution is -2.45. The largest absolute Gasteiger partial charge is 0.385 e. The van der Waals surface area contributed by atoms with Gasteiger partial charge in [0, 0.05) is 63.8 Å². The number of hydrogen-bond acceptors (Lipinski definition) is 5. The van der Waals surface area contributed by atoms with Crippen molar-refractivity contribution in [1.82, 2.24) is 19.8 Å². The molecule has 1 aromatic heterocycles. The van der Waals surface area contributed by atoms with Gasteiger partial charge in [-0.25, -0.2) is 4.98 Å². The van der Waals surface area contributed by atoms with E-state index in [1.165, 1.54) is 0 Å². The first-order valence-electron chi connectivity index (χ1n) is 13.8. The number of para-hydroxylation sites is 2. The van der Waals surface area contributed by atoms with Gasteiger partial charge >= 0.3 is 0 Å². The average Bonchev–Trinajstić information content (AvgIpc) is 3.34. The number of nitrogens with one attached hydrogen (secondary N) is 1. The third-order valence-electron chi connectivity index (χ3n) is 7.55. The van der Waals surface area contributed by atoms with Gasteiger partial charge in [0.15, 0.2) is 0 Å². The van der Waals surface area contributed by atoms with Gasteiger partial charge in [0.1, 0.15) is 5.82 Å². The van der Waals surface area contributed by atoms with Crippen LogP contribution >= 0.6 is 0 Å². The van der Waals surface area contributed by atoms with Gasteiger partial charge in [-0.15, -0.1) is 0 Å². The van der Waals surface area contributed by atoms with Crippen molar-refractivity contribution in [2.24, 2.45) is 5.73 Å². The number of carbonyl (C=O) groups is 2. The summed E-state index contributed by atoms with van der Waals surface area (Å²) in [5, 5.41) is 4.83. The molecular formula is C31H37N5O3. The molecule has 39 heavy (non-hydrogen) atoms. The van der Waals surface area contributed by atoms with Gasteiger partial charge in [-0.2, -0.15) is 0 Å². The summed E-state index contributed by atoms with van der Waals surface area (Å²) in [6, 6.07) is 21.2. The molecule has 5 rings (SSSR count). The number of benzene rings is 3. The molecule has 3 N–H and O–H groups in total. The Bertz CT molecular complexity index is 1440. The van der Waals surface area contributed by atoms with E-state index >= 15 is 0 Å². The molecule has 8 heteroatoms. The molecule has 3 aromatic carbocycles. The Hall–Kier alpha value is -3.75. The summed E-state index contributed by atoms with van der Waals surface area (Å²) < 4.78 is 7.57. The fourth-order valence-electron chi connectivity index (χ4n) is 5.59. The number of methoxy groups -OCH3 is 1. The van der Waals surface area contributed by atoms with E-state index in [0.717, 1.165) is 53.4 Å². The SMILES string of the molecule is COCCCn1c([C@@H]2CCCN(C(=O)C[C@@H](N)CNC(=O)c3cccc4ccccc34)C2)nc2ccccc21. The van der Waals surface area contributed by atoms with E-state index in [2.05, 4.69) is 16.0 Å². The van der Waals surface area contributed by atoms with E-state index in [9.17, 15) is 9.59 Å². The second kappa shape index (κ2) is 12.4. The van der Waals surface area contributed by atoms with Crippen molar-refractivity contribution >= 4 is 33.6 Å². The summed E-state index contributed by atoms with van der Waals surface area (Å²) in [6.07, 6.45) is 3.00. The molecule has 0 radical (unpaired) electrons. The van der Waals surface area contributed by atoms with Crippen LogP contribution in [0.5, 0.6) is 0 Å². The van der Waals surface area contributed by atoms with Crippen LogP contribution in [0.3, 0.4) is 0 Å². The van der Waals surface area contributed by atoms with Crippen molar-refractivity contribution in [3.63, 3.8) is 0 Å². The van der Waals surface area contributed by atoms with Crippen molar-refractivity contribution in [1.29, 1.82) is 0 Å². The molecule has 204 valence electrons. The van der Waals surface area contributed by atoms with Crippen LogP contribution in [0.2, 0.25) is 0 Å². The maximum absolute atomic E-state index is 13.2. The summed E-state index contributed by atoms with van der Waals surface area (Å²) >= 11 is 0. The van der Waals surface area contributed by atoms with Crippen LogP contribution in [0, 0.1) is 0 Å². The molecule has 0 saturated carbocycles. The van der Waals surface area contributed by atoms with E-state index in [0.29, 0.717) is 25.3 Å². The van der Waals surface area contributed by atoms with E-state index in [-0.39, 0.29) is 30.7 Å². The van der Waals surface area contributed by atoms with Crippen LogP contribution in [0.25, 0.3) is 21.8 Å². The zero-order valence-corrected chi connectivity index (χ0v) is 22.5. The first-order chi connectivity index (χ1) is 19.0. The molecule has 0 spiro atoms. The lowest BCUT2D eigenvalue weighted by atomic mass is 9.96. The Morgan fingerprint density at radius 1 is 1.10 bits per heavy atom. The minimum absolute atomic E-state index is 0.0219. The summed E-state index contributed by atoms with van der Waals surface area (Å²) in [4.78, 5) is 33.0. The fourth-order valence-corrected chi connectivity index (χ4v) is 5.59. The summed E-state index contributed by atoms with van der Waals surface area (Å²) in [5.41, 5.74) is 9.03. The number of fused-ring (bicyclic) bond motifs is 2. The van der Waals surface area contributed by atoms with Crippen molar-refractivity contribution in [3.05, 3.63) is 78.1 Å². The molecule has 1 fully saturated rings. The highest BCUT2D eigenvalue weighted by Gasteiger charge is 2.29. The standard InChI is InChI=1S/C31H37N5O3/c1-39-18-8-17-36-28-15-5-4-14-27(28)34-30(36)23-11-7-16-35(21-23)29(37)19-24(32)20-33-31(38)26-13-6-10-22-9-2-3-12-25(22)26/h2-6,9-10,12-15,23-24H,7-8,11,16-21,32H2,1H3,(H,33,38)/t23-,24-/m1/s1. The van der Waals surface area contributed by atoms with Crippen LogP contribution < -0.4 is 11.1 Å². The quantitative estimate of drug-likeness (QED) is 0.303. The van der Waals surface area contributed by atoms with Gasteiger partial charge in [0.25, 0.3) is 5.91 Å². The van der Waals surface area contributed by atoms with Crippen LogP contribution in [0.15, 0.2) is 66.7 Å². The molecule has 0 bridgehead atoms. The molecular weight excluding hydrogens is 490 g/mol. The molecule has 1 aliphatic rings. The Kier molecular flexibility index (Phi) is 8.54. The zero-order valence-electron chi connectivity index (χ0n) is 22.5. The summed E-state index contributed by atoms with van der Waals surface area (Å²) in [7, 11) is 1.72. The zero-order chi connectivity index (χ0) is 27.2.